The molecule has 10 heteroatoms. The first kappa shape index (κ1) is 32.0. The molecule has 0 aromatic heterocycles. The third-order valence-electron chi connectivity index (χ3n) is 6.26. The number of hydrogen-bond donors (Lipinski definition) is 4. The number of aliphatic hydroxyl groups is 1. The summed E-state index contributed by atoms with van der Waals surface area (Å²) in [4.78, 5) is 42.2. The molecular formula is C32H39N3O7. The van der Waals surface area contributed by atoms with Crippen molar-refractivity contribution in [3.8, 4) is 11.5 Å². The molecular weight excluding hydrogens is 538 g/mol. The summed E-state index contributed by atoms with van der Waals surface area (Å²) in [6.07, 6.45) is -0.764. The molecule has 0 saturated carbocycles. The Morgan fingerprint density at radius 1 is 0.976 bits per heavy atom. The standard InChI is InChI=1S/C32H39N3O7/c1-21-7-6-8-23(19-21)28(29(38)33-24-11-15-26(41-5)16-12-24)35(17-18-36)30(39)27(34-31(40)42-32(2,3)4)20-22-9-13-25(37)14-10-22/h6-16,19,27-28,36-37H,17-18,20H2,1-5H3,(H,33,38)(H,34,40). The number of carbonyl (C=O) groups excluding carboxylic acids is 3. The summed E-state index contributed by atoms with van der Waals surface area (Å²) >= 11 is 0. The summed E-state index contributed by atoms with van der Waals surface area (Å²) in [5, 5.41) is 25.3. The van der Waals surface area contributed by atoms with Crippen LogP contribution in [0.2, 0.25) is 0 Å². The van der Waals surface area contributed by atoms with Crippen molar-refractivity contribution in [2.45, 2.75) is 51.8 Å². The number of amides is 3. The molecule has 0 aliphatic heterocycles. The number of rotatable bonds is 11. The average Bonchev–Trinajstić information content (AvgIpc) is 2.92. The highest BCUT2D eigenvalue weighted by Crippen LogP contribution is 2.26. The number of hydrogen-bond acceptors (Lipinski definition) is 7. The van der Waals surface area contributed by atoms with Crippen LogP contribution >= 0.6 is 0 Å². The van der Waals surface area contributed by atoms with Gasteiger partial charge in [-0.2, -0.15) is 0 Å². The molecule has 42 heavy (non-hydrogen) atoms. The van der Waals surface area contributed by atoms with Gasteiger partial charge in [-0.25, -0.2) is 4.79 Å². The molecule has 0 radical (unpaired) electrons. The Kier molecular flexibility index (Phi) is 10.9. The number of phenolic OH excluding ortho intramolecular Hbond substituents is 1. The summed E-state index contributed by atoms with van der Waals surface area (Å²) in [7, 11) is 1.54. The fourth-order valence-corrected chi connectivity index (χ4v) is 4.39. The number of nitrogens with zero attached hydrogens (tertiary/aromatic N) is 1. The number of methoxy groups -OCH3 is 1. The Hall–Kier alpha value is -4.57. The maximum Gasteiger partial charge on any atom is 0.408 e. The minimum Gasteiger partial charge on any atom is -0.508 e. The number of alkyl carbamates (subject to hydrolysis) is 1. The Labute approximate surface area is 246 Å². The van der Waals surface area contributed by atoms with Crippen molar-refractivity contribution in [1.29, 1.82) is 0 Å². The van der Waals surface area contributed by atoms with Crippen molar-refractivity contribution in [2.24, 2.45) is 0 Å². The van der Waals surface area contributed by atoms with Gasteiger partial charge in [0.2, 0.25) is 5.91 Å². The zero-order valence-corrected chi connectivity index (χ0v) is 24.6. The van der Waals surface area contributed by atoms with Gasteiger partial charge in [-0.05, 0) is 75.2 Å². The van der Waals surface area contributed by atoms with Crippen LogP contribution in [-0.4, -0.2) is 64.9 Å². The molecule has 224 valence electrons. The van der Waals surface area contributed by atoms with Crippen LogP contribution < -0.4 is 15.4 Å². The molecule has 4 N–H and O–H groups in total. The molecule has 0 aliphatic rings. The second-order valence-electron chi connectivity index (χ2n) is 10.9. The van der Waals surface area contributed by atoms with Crippen molar-refractivity contribution in [1.82, 2.24) is 10.2 Å². The number of aromatic hydroxyl groups is 1. The number of aryl methyl sites for hydroxylation is 1. The van der Waals surface area contributed by atoms with Crippen LogP contribution in [0.15, 0.2) is 72.8 Å². The monoisotopic (exact) mass is 577 g/mol. The van der Waals surface area contributed by atoms with Crippen LogP contribution in [0.1, 0.15) is 43.5 Å². The fraction of sp³-hybridized carbons (Fsp3) is 0.344. The predicted octanol–water partition coefficient (Wildman–Crippen LogP) is 4.35. The van der Waals surface area contributed by atoms with Crippen molar-refractivity contribution in [3.05, 3.63) is 89.5 Å². The number of phenols is 1. The predicted molar refractivity (Wildman–Crippen MR) is 159 cm³/mol. The van der Waals surface area contributed by atoms with Gasteiger partial charge in [-0.3, -0.25) is 9.59 Å². The summed E-state index contributed by atoms with van der Waals surface area (Å²) < 4.78 is 10.6. The third-order valence-corrected chi connectivity index (χ3v) is 6.26. The molecule has 0 bridgehead atoms. The SMILES string of the molecule is COc1ccc(NC(=O)C(c2cccc(C)c2)N(CCO)C(=O)C(Cc2ccc(O)cc2)NC(=O)OC(C)(C)C)cc1. The zero-order valence-electron chi connectivity index (χ0n) is 24.6. The quantitative estimate of drug-likeness (QED) is 0.266. The Morgan fingerprint density at radius 3 is 2.21 bits per heavy atom. The van der Waals surface area contributed by atoms with Crippen LogP contribution in [0.3, 0.4) is 0 Å². The Bertz CT molecular complexity index is 1350. The molecule has 2 unspecified atom stereocenters. The van der Waals surface area contributed by atoms with E-state index in [1.165, 1.54) is 17.0 Å². The lowest BCUT2D eigenvalue weighted by atomic mass is 9.99. The molecule has 0 aliphatic carbocycles. The van der Waals surface area contributed by atoms with Gasteiger partial charge in [-0.1, -0.05) is 42.0 Å². The third kappa shape index (κ3) is 9.24. The van der Waals surface area contributed by atoms with Crippen LogP contribution in [0.5, 0.6) is 11.5 Å². The molecule has 3 aromatic rings. The van der Waals surface area contributed by atoms with Gasteiger partial charge in [0, 0.05) is 18.7 Å². The maximum atomic E-state index is 14.2. The van der Waals surface area contributed by atoms with Gasteiger partial charge in [-0.15, -0.1) is 0 Å². The highest BCUT2D eigenvalue weighted by atomic mass is 16.6. The Balaban J connectivity index is 2.02. The maximum absolute atomic E-state index is 14.2. The van der Waals surface area contributed by atoms with E-state index >= 15 is 0 Å². The first-order chi connectivity index (χ1) is 19.9. The summed E-state index contributed by atoms with van der Waals surface area (Å²) in [5.41, 5.74) is 1.73. The summed E-state index contributed by atoms with van der Waals surface area (Å²) in [6, 6.07) is 17.9. The second-order valence-corrected chi connectivity index (χ2v) is 10.9. The molecule has 3 rings (SSSR count). The van der Waals surface area contributed by atoms with Gasteiger partial charge in [0.05, 0.1) is 13.7 Å². The van der Waals surface area contributed by atoms with Crippen molar-refractivity contribution >= 4 is 23.6 Å². The number of ether oxygens (including phenoxy) is 2. The van der Waals surface area contributed by atoms with Crippen molar-refractivity contribution in [2.75, 3.05) is 25.6 Å². The van der Waals surface area contributed by atoms with E-state index in [0.29, 0.717) is 22.6 Å². The van der Waals surface area contributed by atoms with Crippen LogP contribution in [0.25, 0.3) is 0 Å². The lowest BCUT2D eigenvalue weighted by Crippen LogP contribution is -2.53. The average molecular weight is 578 g/mol. The molecule has 0 heterocycles. The van der Waals surface area contributed by atoms with Crippen LogP contribution in [0, 0.1) is 6.92 Å². The van der Waals surface area contributed by atoms with Crippen LogP contribution in [-0.2, 0) is 20.7 Å². The van der Waals surface area contributed by atoms with Gasteiger partial charge in [0.1, 0.15) is 29.2 Å². The second kappa shape index (κ2) is 14.4. The zero-order chi connectivity index (χ0) is 30.9. The molecule has 10 nitrogen and oxygen atoms in total. The first-order valence-corrected chi connectivity index (χ1v) is 13.6. The number of aliphatic hydroxyl groups excluding tert-OH is 1. The molecule has 2 atom stereocenters. The van der Waals surface area contributed by atoms with E-state index in [-0.39, 0.29) is 18.7 Å². The largest absolute Gasteiger partial charge is 0.508 e. The van der Waals surface area contributed by atoms with E-state index in [9.17, 15) is 24.6 Å². The highest BCUT2D eigenvalue weighted by Gasteiger charge is 2.36. The molecule has 3 amide bonds. The summed E-state index contributed by atoms with van der Waals surface area (Å²) in [6.45, 7) is 6.38. The van der Waals surface area contributed by atoms with Crippen LogP contribution in [0.4, 0.5) is 10.5 Å². The minimum atomic E-state index is -1.16. The van der Waals surface area contributed by atoms with E-state index in [1.54, 1.807) is 82.5 Å². The molecule has 3 aromatic carbocycles. The van der Waals surface area contributed by atoms with E-state index in [0.717, 1.165) is 5.56 Å². The minimum absolute atomic E-state index is 0.0426. The normalized spacial score (nSPS) is 12.5. The number of anilines is 1. The number of carbonyl (C=O) groups is 3. The molecule has 0 fully saturated rings. The van der Waals surface area contributed by atoms with E-state index in [1.807, 2.05) is 13.0 Å². The lowest BCUT2D eigenvalue weighted by molar-refractivity contribution is -0.141. The Morgan fingerprint density at radius 2 is 1.64 bits per heavy atom. The first-order valence-electron chi connectivity index (χ1n) is 13.6. The molecule has 0 spiro atoms. The smallest absolute Gasteiger partial charge is 0.408 e. The number of nitrogens with one attached hydrogen (secondary N) is 2. The lowest BCUT2D eigenvalue weighted by Gasteiger charge is -2.34. The van der Waals surface area contributed by atoms with Crippen molar-refractivity contribution in [3.63, 3.8) is 0 Å². The van der Waals surface area contributed by atoms with Gasteiger partial charge in [0.25, 0.3) is 5.91 Å². The highest BCUT2D eigenvalue weighted by molar-refractivity contribution is 5.99. The van der Waals surface area contributed by atoms with Gasteiger partial charge < -0.3 is 35.2 Å². The van der Waals surface area contributed by atoms with E-state index in [4.69, 9.17) is 9.47 Å². The summed E-state index contributed by atoms with van der Waals surface area (Å²) in [5.74, 6) is -0.434. The molecule has 0 saturated heterocycles. The number of benzene rings is 3. The van der Waals surface area contributed by atoms with E-state index < -0.39 is 42.2 Å². The van der Waals surface area contributed by atoms with E-state index in [2.05, 4.69) is 10.6 Å². The topological polar surface area (TPSA) is 137 Å². The fourth-order valence-electron chi connectivity index (χ4n) is 4.39. The van der Waals surface area contributed by atoms with Crippen molar-refractivity contribution < 1.29 is 34.1 Å². The van der Waals surface area contributed by atoms with Gasteiger partial charge >= 0.3 is 6.09 Å². The van der Waals surface area contributed by atoms with Gasteiger partial charge in [0.15, 0.2) is 0 Å².